The van der Waals surface area contributed by atoms with Gasteiger partial charge in [-0.25, -0.2) is 0 Å². The quantitative estimate of drug-likeness (QED) is 0.387. The van der Waals surface area contributed by atoms with Crippen LogP contribution in [0.3, 0.4) is 0 Å². The molecule has 0 aliphatic carbocycles. The summed E-state index contributed by atoms with van der Waals surface area (Å²) in [7, 11) is 2.08. The molecule has 2 heterocycles. The average molecular weight is 460 g/mol. The Morgan fingerprint density at radius 2 is 1.61 bits per heavy atom. The zero-order valence-corrected chi connectivity index (χ0v) is 21.0. The first-order valence-corrected chi connectivity index (χ1v) is 11.4. The minimum atomic E-state index is -0.478. The summed E-state index contributed by atoms with van der Waals surface area (Å²) < 4.78 is 0. The highest BCUT2D eigenvalue weighted by molar-refractivity contribution is 7.80. The van der Waals surface area contributed by atoms with Crippen LogP contribution in [0.1, 0.15) is 48.6 Å². The van der Waals surface area contributed by atoms with E-state index < -0.39 is 11.8 Å². The fraction of sp³-hybridized carbons (Fsp3) is 0.296. The van der Waals surface area contributed by atoms with E-state index in [1.54, 1.807) is 6.08 Å². The summed E-state index contributed by atoms with van der Waals surface area (Å²) in [6.45, 7) is 12.4. The molecule has 0 aromatic heterocycles. The summed E-state index contributed by atoms with van der Waals surface area (Å²) in [5.41, 5.74) is 7.89. The van der Waals surface area contributed by atoms with E-state index in [4.69, 9.17) is 12.2 Å². The Morgan fingerprint density at radius 1 is 0.970 bits per heavy atom. The number of hydrogen-bond donors (Lipinski definition) is 1. The van der Waals surface area contributed by atoms with Gasteiger partial charge in [0.25, 0.3) is 11.8 Å². The molecule has 4 rings (SSSR count). The van der Waals surface area contributed by atoms with Crippen LogP contribution in [0.25, 0.3) is 11.6 Å². The molecule has 0 atom stereocenters. The van der Waals surface area contributed by atoms with Crippen molar-refractivity contribution in [1.29, 1.82) is 0 Å². The first-order valence-electron chi connectivity index (χ1n) is 11.0. The molecule has 1 N–H and O–H groups in total. The topological polar surface area (TPSA) is 52.7 Å². The van der Waals surface area contributed by atoms with E-state index in [0.717, 1.165) is 33.5 Å². The summed E-state index contributed by atoms with van der Waals surface area (Å²) in [5, 5.41) is 2.78. The molecule has 2 aliphatic rings. The zero-order chi connectivity index (χ0) is 24.2. The van der Waals surface area contributed by atoms with Crippen LogP contribution in [0.5, 0.6) is 0 Å². The molecule has 0 spiro atoms. The molecule has 2 aromatic carbocycles. The van der Waals surface area contributed by atoms with E-state index in [1.807, 2.05) is 39.0 Å². The van der Waals surface area contributed by atoms with Crippen molar-refractivity contribution >= 4 is 52.2 Å². The lowest BCUT2D eigenvalue weighted by Crippen LogP contribution is -2.54. The van der Waals surface area contributed by atoms with Crippen LogP contribution in [0, 0.1) is 20.8 Å². The average Bonchev–Trinajstić information content (AvgIpc) is 2.69. The third-order valence-electron chi connectivity index (χ3n) is 6.47. The van der Waals surface area contributed by atoms with Crippen LogP contribution in [0.4, 0.5) is 11.4 Å². The standard InChI is InChI=1S/C27H29N3O2S/c1-15-8-16(2)10-20(9-15)30-25(32)22(24(31)28-26(30)33)13-19-12-21-18(4)14-27(5,6)29(7)23(21)11-17(19)3/h8-14H,1-7H3,(H,28,31,33)/b22-13-. The van der Waals surface area contributed by atoms with E-state index in [-0.39, 0.29) is 16.2 Å². The Bertz CT molecular complexity index is 1270. The van der Waals surface area contributed by atoms with Crippen molar-refractivity contribution in [1.82, 2.24) is 5.32 Å². The van der Waals surface area contributed by atoms with Crippen molar-refractivity contribution in [3.63, 3.8) is 0 Å². The van der Waals surface area contributed by atoms with Crippen molar-refractivity contribution < 1.29 is 9.59 Å². The molecular formula is C27H29N3O2S. The van der Waals surface area contributed by atoms with Gasteiger partial charge in [0.05, 0.1) is 11.2 Å². The molecule has 5 nitrogen and oxygen atoms in total. The largest absolute Gasteiger partial charge is 0.365 e. The van der Waals surface area contributed by atoms with Gasteiger partial charge in [-0.2, -0.15) is 0 Å². The van der Waals surface area contributed by atoms with Crippen molar-refractivity contribution in [2.24, 2.45) is 0 Å². The molecule has 2 amide bonds. The fourth-order valence-electron chi connectivity index (χ4n) is 4.60. The number of carbonyl (C=O) groups is 2. The van der Waals surface area contributed by atoms with Crippen molar-refractivity contribution in [2.45, 2.75) is 47.1 Å². The van der Waals surface area contributed by atoms with Crippen LogP contribution in [0.15, 0.2) is 42.0 Å². The highest BCUT2D eigenvalue weighted by atomic mass is 32.1. The Balaban J connectivity index is 1.80. The molecule has 170 valence electrons. The maximum Gasteiger partial charge on any atom is 0.270 e. The lowest BCUT2D eigenvalue weighted by molar-refractivity contribution is -0.122. The molecular weight excluding hydrogens is 430 g/mol. The summed E-state index contributed by atoms with van der Waals surface area (Å²) in [4.78, 5) is 29.9. The highest BCUT2D eigenvalue weighted by Gasteiger charge is 2.35. The van der Waals surface area contributed by atoms with Gasteiger partial charge in [-0.15, -0.1) is 0 Å². The van der Waals surface area contributed by atoms with Gasteiger partial charge < -0.3 is 4.90 Å². The normalized spacial score (nSPS) is 18.9. The highest BCUT2D eigenvalue weighted by Crippen LogP contribution is 2.39. The molecule has 33 heavy (non-hydrogen) atoms. The smallest absolute Gasteiger partial charge is 0.270 e. The van der Waals surface area contributed by atoms with Gasteiger partial charge in [-0.1, -0.05) is 12.1 Å². The summed E-state index contributed by atoms with van der Waals surface area (Å²) >= 11 is 5.36. The molecule has 0 bridgehead atoms. The van der Waals surface area contributed by atoms with E-state index in [1.165, 1.54) is 10.5 Å². The summed E-state index contributed by atoms with van der Waals surface area (Å²) in [5.74, 6) is -0.898. The number of aryl methyl sites for hydroxylation is 3. The number of allylic oxidation sites excluding steroid dienone is 1. The van der Waals surface area contributed by atoms with Crippen molar-refractivity contribution in [3.8, 4) is 0 Å². The molecule has 0 radical (unpaired) electrons. The van der Waals surface area contributed by atoms with E-state index in [0.29, 0.717) is 5.69 Å². The van der Waals surface area contributed by atoms with Gasteiger partial charge in [-0.3, -0.25) is 19.8 Å². The maximum absolute atomic E-state index is 13.5. The third-order valence-corrected chi connectivity index (χ3v) is 6.76. The SMILES string of the molecule is CC1=CC(C)(C)N(C)c2cc(C)c(/C=C3/C(=O)NC(=S)N(c4cc(C)cc(C)c4)C3=O)cc21. The maximum atomic E-state index is 13.5. The lowest BCUT2D eigenvalue weighted by Gasteiger charge is -2.41. The second-order valence-electron chi connectivity index (χ2n) is 9.57. The summed E-state index contributed by atoms with van der Waals surface area (Å²) in [6, 6.07) is 9.99. The molecule has 0 unspecified atom stereocenters. The van der Waals surface area contributed by atoms with Gasteiger partial charge in [0.2, 0.25) is 0 Å². The van der Waals surface area contributed by atoms with Gasteiger partial charge in [-0.05, 0) is 112 Å². The van der Waals surface area contributed by atoms with Gasteiger partial charge in [0, 0.05) is 18.3 Å². The number of anilines is 2. The Labute approximate surface area is 200 Å². The minimum Gasteiger partial charge on any atom is -0.365 e. The molecule has 6 heteroatoms. The summed E-state index contributed by atoms with van der Waals surface area (Å²) in [6.07, 6.45) is 3.91. The zero-order valence-electron chi connectivity index (χ0n) is 20.2. The van der Waals surface area contributed by atoms with Gasteiger partial charge >= 0.3 is 0 Å². The molecule has 1 saturated heterocycles. The number of nitrogens with one attached hydrogen (secondary N) is 1. The van der Waals surface area contributed by atoms with Crippen LogP contribution >= 0.6 is 12.2 Å². The van der Waals surface area contributed by atoms with E-state index in [9.17, 15) is 9.59 Å². The van der Waals surface area contributed by atoms with Crippen LogP contribution in [-0.4, -0.2) is 29.5 Å². The van der Waals surface area contributed by atoms with E-state index >= 15 is 0 Å². The Morgan fingerprint density at radius 3 is 2.24 bits per heavy atom. The number of amides is 2. The second kappa shape index (κ2) is 7.96. The Hall–Kier alpha value is -3.25. The molecule has 2 aliphatic heterocycles. The fourth-order valence-corrected chi connectivity index (χ4v) is 4.88. The number of carbonyl (C=O) groups excluding carboxylic acids is 2. The number of rotatable bonds is 2. The molecule has 0 saturated carbocycles. The second-order valence-corrected chi connectivity index (χ2v) is 9.96. The monoisotopic (exact) mass is 459 g/mol. The van der Waals surface area contributed by atoms with Crippen LogP contribution in [0.2, 0.25) is 0 Å². The number of hydrogen-bond acceptors (Lipinski definition) is 4. The third kappa shape index (κ3) is 4.00. The predicted octanol–water partition coefficient (Wildman–Crippen LogP) is 5.07. The van der Waals surface area contributed by atoms with E-state index in [2.05, 4.69) is 56.2 Å². The van der Waals surface area contributed by atoms with Crippen LogP contribution < -0.4 is 15.1 Å². The van der Waals surface area contributed by atoms with Gasteiger partial charge in [0.15, 0.2) is 5.11 Å². The first-order chi connectivity index (χ1) is 15.4. The number of nitrogens with zero attached hydrogens (tertiary/aromatic N) is 2. The number of thiocarbonyl (C=S) groups is 1. The molecule has 1 fully saturated rings. The Kier molecular flexibility index (Phi) is 5.53. The first kappa shape index (κ1) is 22.9. The number of benzene rings is 2. The lowest BCUT2D eigenvalue weighted by atomic mass is 9.87. The van der Waals surface area contributed by atoms with Crippen LogP contribution in [-0.2, 0) is 9.59 Å². The number of likely N-dealkylation sites (N-methyl/N-ethyl adjacent to an activating group) is 1. The molecule has 2 aromatic rings. The minimum absolute atomic E-state index is 0.0666. The van der Waals surface area contributed by atoms with Crippen molar-refractivity contribution in [2.75, 3.05) is 16.8 Å². The number of fused-ring (bicyclic) bond motifs is 1. The predicted molar refractivity (Wildman–Crippen MR) is 139 cm³/mol. The van der Waals surface area contributed by atoms with Gasteiger partial charge in [0.1, 0.15) is 5.57 Å². The van der Waals surface area contributed by atoms with Crippen molar-refractivity contribution in [3.05, 3.63) is 69.8 Å².